The molecule has 1 aliphatic heterocycles. The molecule has 0 amide bonds. The fourth-order valence-electron chi connectivity index (χ4n) is 7.72. The van der Waals surface area contributed by atoms with E-state index in [0.717, 1.165) is 25.1 Å². The van der Waals surface area contributed by atoms with Gasteiger partial charge in [0.1, 0.15) is 11.3 Å². The smallest absolute Gasteiger partial charge is 0.341 e. The lowest BCUT2D eigenvalue weighted by atomic mass is 9.55. The van der Waals surface area contributed by atoms with Gasteiger partial charge in [-0.25, -0.2) is 4.79 Å². The molecule has 31 heavy (non-hydrogen) atoms. The second-order valence-electron chi connectivity index (χ2n) is 10.5. The molecule has 4 atom stereocenters. The number of pyridine rings is 1. The Bertz CT molecular complexity index is 1250. The quantitative estimate of drug-likeness (QED) is 0.595. The molecule has 4 N–H and O–H groups in total. The van der Waals surface area contributed by atoms with Crippen molar-refractivity contribution in [1.82, 2.24) is 9.88 Å². The van der Waals surface area contributed by atoms with Gasteiger partial charge in [-0.05, 0) is 60.1 Å². The number of rotatable bonds is 3. The lowest BCUT2D eigenvalue weighted by Crippen LogP contribution is -2.75. The summed E-state index contributed by atoms with van der Waals surface area (Å²) >= 11 is 0. The fraction of sp³-hybridized carbons (Fsp3) is 0.500. The van der Waals surface area contributed by atoms with Crippen molar-refractivity contribution >= 4 is 5.97 Å². The highest BCUT2D eigenvalue weighted by molar-refractivity contribution is 5.87. The van der Waals surface area contributed by atoms with Gasteiger partial charge < -0.3 is 20.3 Å². The molecule has 160 valence electrons. The Hall–Kier alpha value is -2.64. The summed E-state index contributed by atoms with van der Waals surface area (Å²) in [6.07, 6.45) is 4.04. The number of aliphatic hydroxyl groups is 1. The first-order valence-electron chi connectivity index (χ1n) is 11.1. The van der Waals surface area contributed by atoms with Crippen LogP contribution in [0.3, 0.4) is 0 Å². The van der Waals surface area contributed by atoms with Crippen LogP contribution in [-0.2, 0) is 23.7 Å². The van der Waals surface area contributed by atoms with E-state index >= 15 is 0 Å². The van der Waals surface area contributed by atoms with Crippen molar-refractivity contribution in [3.8, 4) is 5.75 Å². The molecule has 7 rings (SSSR count). The Kier molecular flexibility index (Phi) is 3.03. The number of aromatic hydroxyl groups is 1. The number of fused-ring (bicyclic) bond motifs is 3. The molecule has 2 bridgehead atoms. The third kappa shape index (κ3) is 1.94. The Morgan fingerprint density at radius 3 is 2.74 bits per heavy atom. The van der Waals surface area contributed by atoms with Gasteiger partial charge in [0.15, 0.2) is 0 Å². The van der Waals surface area contributed by atoms with Gasteiger partial charge in [-0.3, -0.25) is 9.69 Å². The number of carboxylic acids is 1. The number of benzene rings is 1. The minimum absolute atomic E-state index is 0.0222. The Morgan fingerprint density at radius 1 is 1.19 bits per heavy atom. The number of likely N-dealkylation sites (tertiary alicyclic amines) is 1. The normalized spacial score (nSPS) is 36.9. The minimum atomic E-state index is -1.25. The van der Waals surface area contributed by atoms with Crippen LogP contribution in [0.25, 0.3) is 0 Å². The molecule has 1 aromatic carbocycles. The highest BCUT2D eigenvalue weighted by atomic mass is 16.4. The van der Waals surface area contributed by atoms with E-state index in [1.807, 2.05) is 6.07 Å². The first kappa shape index (κ1) is 18.0. The zero-order valence-corrected chi connectivity index (χ0v) is 17.0. The summed E-state index contributed by atoms with van der Waals surface area (Å²) in [5.41, 5.74) is 0.947. The van der Waals surface area contributed by atoms with Crippen LogP contribution in [0.15, 0.2) is 29.1 Å². The average Bonchev–Trinajstić information content (AvgIpc) is 3.42. The van der Waals surface area contributed by atoms with Crippen LogP contribution in [0.5, 0.6) is 5.75 Å². The van der Waals surface area contributed by atoms with Crippen molar-refractivity contribution in [3.05, 3.63) is 62.6 Å². The molecule has 5 aliphatic rings. The molecule has 3 fully saturated rings. The molecule has 0 radical (unpaired) electrons. The molecular weight excluding hydrogens is 396 g/mol. The minimum Gasteiger partial charge on any atom is -0.508 e. The summed E-state index contributed by atoms with van der Waals surface area (Å²) < 4.78 is 0. The maximum Gasteiger partial charge on any atom is 0.341 e. The Labute approximate surface area is 178 Å². The molecular formula is C24H24N2O5. The van der Waals surface area contributed by atoms with Gasteiger partial charge in [-0.1, -0.05) is 6.07 Å². The monoisotopic (exact) mass is 420 g/mol. The van der Waals surface area contributed by atoms with Crippen molar-refractivity contribution in [3.63, 3.8) is 0 Å². The zero-order chi connectivity index (χ0) is 21.3. The van der Waals surface area contributed by atoms with Gasteiger partial charge in [0.25, 0.3) is 5.56 Å². The summed E-state index contributed by atoms with van der Waals surface area (Å²) in [5, 5.41) is 32.1. The van der Waals surface area contributed by atoms with Crippen molar-refractivity contribution in [2.24, 2.45) is 5.92 Å². The molecule has 7 heteroatoms. The third-order valence-electron chi connectivity index (χ3n) is 8.90. The Balaban J connectivity index is 1.44. The standard InChI is InChI=1S/C24H24N2O5/c27-14-3-4-16-17(6-14)23-8-18-13(5-15(20(29)30)19(28)25-18)7-24(23,31)21-22(16,10-23)11-26(21)9-12-1-2-12/h3-6,12,21,27,31H,1-2,7-11H2,(H,25,28)(H,29,30). The molecule has 1 saturated heterocycles. The van der Waals surface area contributed by atoms with E-state index < -0.39 is 22.5 Å². The summed E-state index contributed by atoms with van der Waals surface area (Å²) in [4.78, 5) is 29.2. The van der Waals surface area contributed by atoms with Crippen LogP contribution in [0.4, 0.5) is 0 Å². The van der Waals surface area contributed by atoms with E-state index in [-0.39, 0.29) is 22.8 Å². The number of H-pyrrole nitrogens is 1. The van der Waals surface area contributed by atoms with E-state index in [2.05, 4.69) is 9.88 Å². The summed E-state index contributed by atoms with van der Waals surface area (Å²) in [7, 11) is 0. The maximum atomic E-state index is 12.4. The summed E-state index contributed by atoms with van der Waals surface area (Å²) in [6.45, 7) is 1.90. The van der Waals surface area contributed by atoms with Gasteiger partial charge in [0, 0.05) is 42.5 Å². The van der Waals surface area contributed by atoms with Crippen molar-refractivity contribution in [2.75, 3.05) is 13.1 Å². The van der Waals surface area contributed by atoms with Crippen LogP contribution >= 0.6 is 0 Å². The number of aromatic amines is 1. The average molecular weight is 420 g/mol. The first-order valence-corrected chi connectivity index (χ1v) is 11.1. The first-order chi connectivity index (χ1) is 14.8. The second-order valence-corrected chi connectivity index (χ2v) is 10.5. The third-order valence-corrected chi connectivity index (χ3v) is 8.90. The molecule has 1 aromatic heterocycles. The number of phenols is 1. The topological polar surface area (TPSA) is 114 Å². The fourth-order valence-corrected chi connectivity index (χ4v) is 7.72. The van der Waals surface area contributed by atoms with Crippen LogP contribution in [0, 0.1) is 5.92 Å². The molecule has 4 unspecified atom stereocenters. The van der Waals surface area contributed by atoms with E-state index in [1.165, 1.54) is 24.5 Å². The molecule has 2 saturated carbocycles. The SMILES string of the molecule is O=C(O)c1cc2c([nH]c1=O)CC13CC4(CN(CC5CC5)C4C1(O)C2)c1ccc(O)cc13. The highest BCUT2D eigenvalue weighted by Gasteiger charge is 2.81. The summed E-state index contributed by atoms with van der Waals surface area (Å²) in [6, 6.07) is 6.98. The molecule has 2 aromatic rings. The maximum absolute atomic E-state index is 12.4. The van der Waals surface area contributed by atoms with Gasteiger partial charge in [0.2, 0.25) is 0 Å². The number of hydrogen-bond acceptors (Lipinski definition) is 5. The predicted octanol–water partition coefficient (Wildman–Crippen LogP) is 1.30. The number of hydrogen-bond donors (Lipinski definition) is 4. The van der Waals surface area contributed by atoms with E-state index in [9.17, 15) is 24.9 Å². The zero-order valence-electron chi connectivity index (χ0n) is 17.0. The number of phenolic OH excluding ortho intramolecular Hbond substituents is 1. The van der Waals surface area contributed by atoms with Crippen molar-refractivity contribution < 1.29 is 20.1 Å². The lowest BCUT2D eigenvalue weighted by Gasteiger charge is -2.62. The Morgan fingerprint density at radius 2 is 2.00 bits per heavy atom. The van der Waals surface area contributed by atoms with E-state index in [4.69, 9.17) is 0 Å². The van der Waals surface area contributed by atoms with Gasteiger partial charge in [-0.15, -0.1) is 0 Å². The predicted molar refractivity (Wildman–Crippen MR) is 111 cm³/mol. The molecule has 4 aliphatic carbocycles. The van der Waals surface area contributed by atoms with Crippen LogP contribution in [-0.4, -0.2) is 55.9 Å². The number of nitrogens with one attached hydrogen (secondary N) is 1. The van der Waals surface area contributed by atoms with Crippen LogP contribution in [0.2, 0.25) is 0 Å². The highest BCUT2D eigenvalue weighted by Crippen LogP contribution is 2.73. The van der Waals surface area contributed by atoms with Crippen molar-refractivity contribution in [1.29, 1.82) is 0 Å². The molecule has 2 spiro atoms. The lowest BCUT2D eigenvalue weighted by molar-refractivity contribution is -0.136. The number of carboxylic acid groups (broad SMARTS) is 1. The molecule has 7 nitrogen and oxygen atoms in total. The van der Waals surface area contributed by atoms with Crippen LogP contribution < -0.4 is 5.56 Å². The number of nitrogens with zero attached hydrogens (tertiary/aromatic N) is 1. The van der Waals surface area contributed by atoms with Gasteiger partial charge in [-0.2, -0.15) is 0 Å². The number of carbonyl (C=O) groups is 1. The number of aromatic carboxylic acids is 1. The number of aromatic nitrogens is 1. The largest absolute Gasteiger partial charge is 0.508 e. The molecule has 2 heterocycles. The van der Waals surface area contributed by atoms with Gasteiger partial charge >= 0.3 is 5.97 Å². The van der Waals surface area contributed by atoms with Crippen molar-refractivity contribution in [2.45, 2.75) is 54.6 Å². The second kappa shape index (κ2) is 5.22. The van der Waals surface area contributed by atoms with E-state index in [0.29, 0.717) is 30.0 Å². The summed E-state index contributed by atoms with van der Waals surface area (Å²) in [5.74, 6) is -0.359. The van der Waals surface area contributed by atoms with E-state index in [1.54, 1.807) is 12.1 Å². The van der Waals surface area contributed by atoms with Crippen LogP contribution in [0.1, 0.15) is 52.0 Å². The van der Waals surface area contributed by atoms with Gasteiger partial charge in [0.05, 0.1) is 11.6 Å².